The number of rotatable bonds is 2. The van der Waals surface area contributed by atoms with E-state index in [1.165, 1.54) is 11.8 Å². The number of phenols is 1. The molecule has 0 unspecified atom stereocenters. The standard InChI is InChI=1S/C12H14ClN3O2/c1-6-10(17)7(4-9(13)11(6)18-3)8-5-15-16(2)12(8)14/h4-5,17H,14H2,1-3H3. The fourth-order valence-corrected chi connectivity index (χ4v) is 2.19. The third-order valence-corrected chi connectivity index (χ3v) is 3.20. The van der Waals surface area contributed by atoms with Gasteiger partial charge in [-0.25, -0.2) is 0 Å². The molecule has 0 aliphatic heterocycles. The van der Waals surface area contributed by atoms with Crippen LogP contribution < -0.4 is 10.5 Å². The van der Waals surface area contributed by atoms with Gasteiger partial charge in [0.1, 0.15) is 17.3 Å². The number of phenolic OH excluding ortho intramolecular Hbond substituents is 1. The molecule has 0 radical (unpaired) electrons. The van der Waals surface area contributed by atoms with Gasteiger partial charge in [-0.05, 0) is 13.0 Å². The third kappa shape index (κ3) is 1.76. The van der Waals surface area contributed by atoms with Gasteiger partial charge in [-0.2, -0.15) is 5.10 Å². The highest BCUT2D eigenvalue weighted by molar-refractivity contribution is 6.32. The second-order valence-electron chi connectivity index (χ2n) is 3.98. The van der Waals surface area contributed by atoms with Crippen molar-refractivity contribution in [3.8, 4) is 22.6 Å². The Labute approximate surface area is 110 Å². The Balaban J connectivity index is 2.70. The molecule has 2 aromatic rings. The van der Waals surface area contributed by atoms with Gasteiger partial charge in [0.2, 0.25) is 0 Å². The molecule has 96 valence electrons. The summed E-state index contributed by atoms with van der Waals surface area (Å²) in [4.78, 5) is 0. The van der Waals surface area contributed by atoms with E-state index >= 15 is 0 Å². The summed E-state index contributed by atoms with van der Waals surface area (Å²) in [6, 6.07) is 1.62. The van der Waals surface area contributed by atoms with Crippen LogP contribution in [0.1, 0.15) is 5.56 Å². The third-order valence-electron chi connectivity index (χ3n) is 2.92. The van der Waals surface area contributed by atoms with E-state index in [1.807, 2.05) is 0 Å². The number of ether oxygens (including phenoxy) is 1. The fraction of sp³-hybridized carbons (Fsp3) is 0.250. The summed E-state index contributed by atoms with van der Waals surface area (Å²) in [5.41, 5.74) is 7.65. The fourth-order valence-electron chi connectivity index (χ4n) is 1.86. The van der Waals surface area contributed by atoms with E-state index in [1.54, 1.807) is 26.2 Å². The molecule has 6 heteroatoms. The van der Waals surface area contributed by atoms with Crippen molar-refractivity contribution in [2.75, 3.05) is 12.8 Å². The molecule has 0 saturated carbocycles. The number of benzene rings is 1. The number of anilines is 1. The maximum atomic E-state index is 10.2. The molecule has 0 saturated heterocycles. The number of nitrogen functional groups attached to an aromatic ring is 1. The topological polar surface area (TPSA) is 73.3 Å². The molecule has 3 N–H and O–H groups in total. The first-order valence-electron chi connectivity index (χ1n) is 5.31. The highest BCUT2D eigenvalue weighted by Gasteiger charge is 2.18. The Morgan fingerprint density at radius 3 is 2.61 bits per heavy atom. The van der Waals surface area contributed by atoms with Gasteiger partial charge < -0.3 is 15.6 Å². The number of hydrogen-bond acceptors (Lipinski definition) is 4. The molecule has 2 rings (SSSR count). The summed E-state index contributed by atoms with van der Waals surface area (Å²) in [6.07, 6.45) is 1.59. The summed E-state index contributed by atoms with van der Waals surface area (Å²) in [5.74, 6) is 1.02. The van der Waals surface area contributed by atoms with Gasteiger partial charge in [0.15, 0.2) is 0 Å². The van der Waals surface area contributed by atoms with Crippen molar-refractivity contribution in [1.29, 1.82) is 0 Å². The highest BCUT2D eigenvalue weighted by Crippen LogP contribution is 2.43. The van der Waals surface area contributed by atoms with E-state index in [9.17, 15) is 5.11 Å². The van der Waals surface area contributed by atoms with Gasteiger partial charge in [-0.1, -0.05) is 11.6 Å². The predicted molar refractivity (Wildman–Crippen MR) is 71.0 cm³/mol. The number of nitrogens with two attached hydrogens (primary N) is 1. The van der Waals surface area contributed by atoms with Crippen LogP contribution in [0.15, 0.2) is 12.3 Å². The number of nitrogens with zero attached hydrogens (tertiary/aromatic N) is 2. The minimum atomic E-state index is 0.0935. The Bertz CT molecular complexity index is 608. The van der Waals surface area contributed by atoms with Crippen molar-refractivity contribution in [3.05, 3.63) is 22.8 Å². The maximum absolute atomic E-state index is 10.2. The zero-order valence-electron chi connectivity index (χ0n) is 10.4. The lowest BCUT2D eigenvalue weighted by molar-refractivity contribution is 0.403. The van der Waals surface area contributed by atoms with Gasteiger partial charge >= 0.3 is 0 Å². The van der Waals surface area contributed by atoms with Crippen molar-refractivity contribution >= 4 is 17.4 Å². The van der Waals surface area contributed by atoms with Crippen LogP contribution in [-0.2, 0) is 7.05 Å². The number of aryl methyl sites for hydroxylation is 1. The van der Waals surface area contributed by atoms with E-state index in [2.05, 4.69) is 5.10 Å². The zero-order valence-corrected chi connectivity index (χ0v) is 11.1. The van der Waals surface area contributed by atoms with E-state index in [4.69, 9.17) is 22.1 Å². The Kier molecular flexibility index (Phi) is 3.09. The first-order valence-corrected chi connectivity index (χ1v) is 5.69. The molecule has 0 amide bonds. The number of aromatic hydroxyl groups is 1. The van der Waals surface area contributed by atoms with Crippen LogP contribution in [0.3, 0.4) is 0 Å². The maximum Gasteiger partial charge on any atom is 0.144 e. The molecular weight excluding hydrogens is 254 g/mol. The van der Waals surface area contributed by atoms with Crippen LogP contribution in [0.4, 0.5) is 5.82 Å². The summed E-state index contributed by atoms with van der Waals surface area (Å²) < 4.78 is 6.67. The molecule has 18 heavy (non-hydrogen) atoms. The van der Waals surface area contributed by atoms with Crippen LogP contribution >= 0.6 is 11.6 Å². The number of methoxy groups -OCH3 is 1. The Hall–Kier alpha value is -1.88. The quantitative estimate of drug-likeness (QED) is 0.876. The summed E-state index contributed by atoms with van der Waals surface area (Å²) >= 11 is 6.11. The normalized spacial score (nSPS) is 10.7. The van der Waals surface area contributed by atoms with E-state index in [0.29, 0.717) is 33.3 Å². The molecule has 1 aromatic heterocycles. The zero-order chi connectivity index (χ0) is 13.4. The lowest BCUT2D eigenvalue weighted by Crippen LogP contribution is -1.98. The molecule has 0 atom stereocenters. The van der Waals surface area contributed by atoms with Crippen molar-refractivity contribution in [2.45, 2.75) is 6.92 Å². The van der Waals surface area contributed by atoms with E-state index in [0.717, 1.165) is 0 Å². The smallest absolute Gasteiger partial charge is 0.144 e. The molecule has 1 aromatic carbocycles. The molecule has 0 spiro atoms. The second kappa shape index (κ2) is 4.42. The monoisotopic (exact) mass is 267 g/mol. The molecule has 5 nitrogen and oxygen atoms in total. The lowest BCUT2D eigenvalue weighted by Gasteiger charge is -2.12. The van der Waals surface area contributed by atoms with Crippen LogP contribution in [0.25, 0.3) is 11.1 Å². The van der Waals surface area contributed by atoms with Gasteiger partial charge in [0.25, 0.3) is 0 Å². The van der Waals surface area contributed by atoms with Crippen molar-refractivity contribution < 1.29 is 9.84 Å². The van der Waals surface area contributed by atoms with Gasteiger partial charge in [0.05, 0.1) is 18.3 Å². The first-order chi connectivity index (χ1) is 8.47. The number of halogens is 1. The molecule has 0 aliphatic carbocycles. The van der Waals surface area contributed by atoms with Crippen LogP contribution in [-0.4, -0.2) is 22.0 Å². The van der Waals surface area contributed by atoms with Crippen LogP contribution in [0.5, 0.6) is 11.5 Å². The molecule has 0 fully saturated rings. The Morgan fingerprint density at radius 2 is 2.11 bits per heavy atom. The molecule has 0 bridgehead atoms. The van der Waals surface area contributed by atoms with E-state index < -0.39 is 0 Å². The largest absolute Gasteiger partial charge is 0.507 e. The summed E-state index contributed by atoms with van der Waals surface area (Å²) in [6.45, 7) is 1.73. The average molecular weight is 268 g/mol. The van der Waals surface area contributed by atoms with Crippen LogP contribution in [0, 0.1) is 6.92 Å². The van der Waals surface area contributed by atoms with Gasteiger partial charge in [-0.15, -0.1) is 0 Å². The van der Waals surface area contributed by atoms with Crippen LogP contribution in [0.2, 0.25) is 5.02 Å². The minimum Gasteiger partial charge on any atom is -0.507 e. The molecule has 0 aliphatic rings. The summed E-state index contributed by atoms with van der Waals surface area (Å²) in [5, 5.41) is 14.7. The number of aromatic nitrogens is 2. The van der Waals surface area contributed by atoms with Crippen molar-refractivity contribution in [1.82, 2.24) is 9.78 Å². The molecule has 1 heterocycles. The minimum absolute atomic E-state index is 0.0935. The SMILES string of the molecule is COc1c(Cl)cc(-c2cnn(C)c2N)c(O)c1C. The second-order valence-corrected chi connectivity index (χ2v) is 4.39. The first kappa shape index (κ1) is 12.6. The summed E-state index contributed by atoms with van der Waals surface area (Å²) in [7, 11) is 3.24. The van der Waals surface area contributed by atoms with Crippen molar-refractivity contribution in [2.24, 2.45) is 7.05 Å². The molecular formula is C12H14ClN3O2. The predicted octanol–water partition coefficient (Wildman–Crippen LogP) is 2.35. The van der Waals surface area contributed by atoms with Gasteiger partial charge in [-0.3, -0.25) is 4.68 Å². The number of hydrogen-bond donors (Lipinski definition) is 2. The lowest BCUT2D eigenvalue weighted by atomic mass is 10.0. The van der Waals surface area contributed by atoms with E-state index in [-0.39, 0.29) is 5.75 Å². The highest BCUT2D eigenvalue weighted by atomic mass is 35.5. The average Bonchev–Trinajstić information content (AvgIpc) is 2.66. The van der Waals surface area contributed by atoms with Crippen molar-refractivity contribution in [3.63, 3.8) is 0 Å². The Morgan fingerprint density at radius 1 is 1.44 bits per heavy atom. The van der Waals surface area contributed by atoms with Gasteiger partial charge in [0, 0.05) is 23.7 Å².